The van der Waals surface area contributed by atoms with Gasteiger partial charge in [-0.3, -0.25) is 0 Å². The van der Waals surface area contributed by atoms with E-state index >= 15 is 0 Å². The van der Waals surface area contributed by atoms with Gasteiger partial charge >= 0.3 is 0 Å². The van der Waals surface area contributed by atoms with Crippen LogP contribution in [0.4, 0.5) is 0 Å². The van der Waals surface area contributed by atoms with Crippen molar-refractivity contribution >= 4 is 0 Å². The molecule has 0 amide bonds. The molecule has 5 rings (SSSR count). The molecule has 90 valence electrons. The number of hydrogen-bond acceptors (Lipinski definition) is 1. The van der Waals surface area contributed by atoms with Crippen LogP contribution in [-0.2, 0) is 0 Å². The molecule has 5 saturated carbocycles. The lowest BCUT2D eigenvalue weighted by Crippen LogP contribution is -2.56. The fourth-order valence-corrected chi connectivity index (χ4v) is 6.19. The van der Waals surface area contributed by atoms with Crippen LogP contribution in [0.3, 0.4) is 0 Å². The van der Waals surface area contributed by atoms with Crippen LogP contribution in [0.5, 0.6) is 0 Å². The Labute approximate surface area is 99.2 Å². The first-order valence-electron chi connectivity index (χ1n) is 7.44. The Balaban J connectivity index is 1.67. The minimum Gasteiger partial charge on any atom is -0.324 e. The summed E-state index contributed by atoms with van der Waals surface area (Å²) >= 11 is 0. The lowest BCUT2D eigenvalue weighted by atomic mass is 9.46. The largest absolute Gasteiger partial charge is 0.324 e. The zero-order chi connectivity index (χ0) is 11.0. The molecule has 2 atom stereocenters. The Morgan fingerprint density at radius 1 is 0.938 bits per heavy atom. The van der Waals surface area contributed by atoms with E-state index in [-0.39, 0.29) is 5.54 Å². The molecule has 0 heterocycles. The van der Waals surface area contributed by atoms with Gasteiger partial charge in [0.1, 0.15) is 0 Å². The van der Waals surface area contributed by atoms with Gasteiger partial charge in [0.25, 0.3) is 0 Å². The molecule has 0 spiro atoms. The average Bonchev–Trinajstić information content (AvgIpc) is 2.90. The van der Waals surface area contributed by atoms with E-state index in [0.29, 0.717) is 5.41 Å². The Kier molecular flexibility index (Phi) is 1.77. The van der Waals surface area contributed by atoms with Gasteiger partial charge in [0, 0.05) is 5.54 Å². The summed E-state index contributed by atoms with van der Waals surface area (Å²) in [7, 11) is 0. The van der Waals surface area contributed by atoms with E-state index in [1.807, 2.05) is 0 Å². The fraction of sp³-hybridized carbons (Fsp3) is 1.00. The molecule has 1 heteroatoms. The quantitative estimate of drug-likeness (QED) is 0.757. The van der Waals surface area contributed by atoms with Crippen molar-refractivity contribution in [1.82, 2.24) is 0 Å². The zero-order valence-electron chi connectivity index (χ0n) is 10.5. The molecule has 0 aromatic carbocycles. The van der Waals surface area contributed by atoms with Crippen molar-refractivity contribution in [3.8, 4) is 0 Å². The van der Waals surface area contributed by atoms with E-state index in [1.54, 1.807) is 19.3 Å². The predicted octanol–water partition coefficient (Wildman–Crippen LogP) is 3.33. The van der Waals surface area contributed by atoms with Crippen LogP contribution in [0.1, 0.15) is 58.3 Å². The summed E-state index contributed by atoms with van der Waals surface area (Å²) < 4.78 is 0. The molecule has 4 bridgehead atoms. The number of nitrogens with two attached hydrogens (primary N) is 1. The van der Waals surface area contributed by atoms with Gasteiger partial charge in [-0.2, -0.15) is 0 Å². The maximum absolute atomic E-state index is 6.80. The van der Waals surface area contributed by atoms with Gasteiger partial charge in [0.2, 0.25) is 0 Å². The highest BCUT2D eigenvalue weighted by Gasteiger charge is 2.67. The summed E-state index contributed by atoms with van der Waals surface area (Å²) in [5, 5.41) is 0. The van der Waals surface area contributed by atoms with Crippen LogP contribution < -0.4 is 5.73 Å². The van der Waals surface area contributed by atoms with Crippen LogP contribution in [-0.4, -0.2) is 5.54 Å². The van der Waals surface area contributed by atoms with E-state index in [2.05, 4.69) is 6.92 Å². The lowest BCUT2D eigenvalue weighted by molar-refractivity contribution is -0.0767. The molecule has 0 radical (unpaired) electrons. The molecule has 1 nitrogen and oxygen atoms in total. The monoisotopic (exact) mass is 219 g/mol. The van der Waals surface area contributed by atoms with Crippen molar-refractivity contribution in [2.24, 2.45) is 34.8 Å². The minimum atomic E-state index is 0.276. The molecular formula is C15H25N. The summed E-state index contributed by atoms with van der Waals surface area (Å²) in [6.07, 6.45) is 11.8. The highest BCUT2D eigenvalue weighted by molar-refractivity contribution is 5.22. The molecule has 5 aliphatic rings. The van der Waals surface area contributed by atoms with Gasteiger partial charge in [-0.15, -0.1) is 0 Å². The normalized spacial score (nSPS) is 62.6. The molecule has 2 N–H and O–H groups in total. The smallest absolute Gasteiger partial charge is 0.0244 e. The topological polar surface area (TPSA) is 26.0 Å². The standard InChI is InChI=1S/C15H25N/c1-2-13-9-15(13,16)14-6-10-3-11(7-14)5-12(4-10)8-14/h10-13H,2-9,16H2,1H3. The van der Waals surface area contributed by atoms with Crippen LogP contribution in [0.15, 0.2) is 0 Å². The molecule has 0 saturated heterocycles. The number of rotatable bonds is 2. The number of hydrogen-bond donors (Lipinski definition) is 1. The fourth-order valence-electron chi connectivity index (χ4n) is 6.19. The zero-order valence-corrected chi connectivity index (χ0v) is 10.5. The van der Waals surface area contributed by atoms with E-state index in [4.69, 9.17) is 5.73 Å². The highest BCUT2D eigenvalue weighted by atomic mass is 14.9. The SMILES string of the molecule is CCC1CC1(N)C12CC3CC(CC(C3)C1)C2. The molecular weight excluding hydrogens is 194 g/mol. The van der Waals surface area contributed by atoms with Crippen molar-refractivity contribution in [2.75, 3.05) is 0 Å². The van der Waals surface area contributed by atoms with Crippen LogP contribution >= 0.6 is 0 Å². The molecule has 0 aliphatic heterocycles. The lowest BCUT2D eigenvalue weighted by Gasteiger charge is -2.59. The third kappa shape index (κ3) is 1.06. The van der Waals surface area contributed by atoms with Gasteiger partial charge in [0.15, 0.2) is 0 Å². The summed E-state index contributed by atoms with van der Waals surface area (Å²) in [6, 6.07) is 0. The van der Waals surface area contributed by atoms with Gasteiger partial charge < -0.3 is 5.73 Å². The predicted molar refractivity (Wildman–Crippen MR) is 65.9 cm³/mol. The average molecular weight is 219 g/mol. The van der Waals surface area contributed by atoms with E-state index in [1.165, 1.54) is 32.1 Å². The first-order chi connectivity index (χ1) is 7.65. The Morgan fingerprint density at radius 3 is 1.81 bits per heavy atom. The summed E-state index contributed by atoms with van der Waals surface area (Å²) in [4.78, 5) is 0. The summed E-state index contributed by atoms with van der Waals surface area (Å²) in [5.41, 5.74) is 7.68. The van der Waals surface area contributed by atoms with Crippen molar-refractivity contribution < 1.29 is 0 Å². The second-order valence-electron chi connectivity index (χ2n) is 7.55. The van der Waals surface area contributed by atoms with Crippen molar-refractivity contribution in [3.05, 3.63) is 0 Å². The van der Waals surface area contributed by atoms with Crippen molar-refractivity contribution in [3.63, 3.8) is 0 Å². The van der Waals surface area contributed by atoms with Crippen molar-refractivity contribution in [1.29, 1.82) is 0 Å². The van der Waals surface area contributed by atoms with E-state index in [0.717, 1.165) is 23.7 Å². The second kappa shape index (κ2) is 2.85. The third-order valence-electron chi connectivity index (χ3n) is 6.67. The Morgan fingerprint density at radius 2 is 1.44 bits per heavy atom. The summed E-state index contributed by atoms with van der Waals surface area (Å²) in [6.45, 7) is 2.33. The first kappa shape index (κ1) is 9.94. The van der Waals surface area contributed by atoms with Crippen LogP contribution in [0.2, 0.25) is 0 Å². The second-order valence-corrected chi connectivity index (χ2v) is 7.55. The third-order valence-corrected chi connectivity index (χ3v) is 6.67. The van der Waals surface area contributed by atoms with E-state index < -0.39 is 0 Å². The summed E-state index contributed by atoms with van der Waals surface area (Å²) in [5.74, 6) is 4.04. The molecule has 5 aliphatic carbocycles. The first-order valence-corrected chi connectivity index (χ1v) is 7.44. The maximum atomic E-state index is 6.80. The van der Waals surface area contributed by atoms with Gasteiger partial charge in [-0.05, 0) is 74.0 Å². The maximum Gasteiger partial charge on any atom is 0.0244 e. The molecule has 5 fully saturated rings. The van der Waals surface area contributed by atoms with Gasteiger partial charge in [0.05, 0.1) is 0 Å². The van der Waals surface area contributed by atoms with Gasteiger partial charge in [-0.1, -0.05) is 13.3 Å². The molecule has 0 aromatic heterocycles. The Hall–Kier alpha value is -0.0400. The molecule has 0 aromatic rings. The van der Waals surface area contributed by atoms with E-state index in [9.17, 15) is 0 Å². The molecule has 2 unspecified atom stereocenters. The Bertz CT molecular complexity index is 286. The minimum absolute atomic E-state index is 0.276. The van der Waals surface area contributed by atoms with Crippen LogP contribution in [0.25, 0.3) is 0 Å². The molecule has 16 heavy (non-hydrogen) atoms. The van der Waals surface area contributed by atoms with Gasteiger partial charge in [-0.25, -0.2) is 0 Å². The van der Waals surface area contributed by atoms with Crippen molar-refractivity contribution in [2.45, 2.75) is 63.8 Å². The van der Waals surface area contributed by atoms with Crippen LogP contribution in [0, 0.1) is 29.1 Å². The highest BCUT2D eigenvalue weighted by Crippen LogP contribution is 2.70.